The Morgan fingerprint density at radius 3 is 2.29 bits per heavy atom. The summed E-state index contributed by atoms with van der Waals surface area (Å²) in [4.78, 5) is 13.7. The zero-order valence-corrected chi connectivity index (χ0v) is 13.7. The molecule has 4 nitrogen and oxygen atoms in total. The number of nitrogen functional groups attached to an aromatic ring is 1. The molecule has 0 aliphatic heterocycles. The van der Waals surface area contributed by atoms with Crippen LogP contribution in [0.25, 0.3) is 0 Å². The number of anilines is 1. The molecule has 1 aromatic rings. The molecule has 1 rings (SSSR count). The van der Waals surface area contributed by atoms with Gasteiger partial charge >= 0.3 is 0 Å². The van der Waals surface area contributed by atoms with Crippen LogP contribution in [0.5, 0.6) is 0 Å². The SMILES string of the molecule is CCC(CC)N(Cc1ccc(C(N)=O)cc1N)CC(C)C. The maximum Gasteiger partial charge on any atom is 0.248 e. The molecule has 0 saturated carbocycles. The number of benzene rings is 1. The van der Waals surface area contributed by atoms with Crippen LogP contribution in [-0.4, -0.2) is 23.4 Å². The van der Waals surface area contributed by atoms with E-state index in [4.69, 9.17) is 11.5 Å². The molecule has 1 amide bonds. The van der Waals surface area contributed by atoms with Crippen molar-refractivity contribution in [1.82, 2.24) is 4.90 Å². The predicted molar refractivity (Wildman–Crippen MR) is 89.0 cm³/mol. The summed E-state index contributed by atoms with van der Waals surface area (Å²) in [6.07, 6.45) is 2.25. The fourth-order valence-corrected chi connectivity index (χ4v) is 2.73. The Kier molecular flexibility index (Phi) is 6.69. The first-order chi connectivity index (χ1) is 9.88. The molecule has 0 unspecified atom stereocenters. The smallest absolute Gasteiger partial charge is 0.248 e. The highest BCUT2D eigenvalue weighted by atomic mass is 16.1. The predicted octanol–water partition coefficient (Wildman–Crippen LogP) is 3.01. The van der Waals surface area contributed by atoms with Crippen molar-refractivity contribution < 1.29 is 4.79 Å². The van der Waals surface area contributed by atoms with Gasteiger partial charge in [0.15, 0.2) is 0 Å². The van der Waals surface area contributed by atoms with Gasteiger partial charge in [0.2, 0.25) is 5.91 Å². The third-order valence-corrected chi connectivity index (χ3v) is 3.86. The Hall–Kier alpha value is -1.55. The standard InChI is InChI=1S/C17H29N3O/c1-5-15(6-2)20(10-12(3)4)11-14-8-7-13(17(19)21)9-16(14)18/h7-9,12,15H,5-6,10-11,18H2,1-4H3,(H2,19,21). The molecular weight excluding hydrogens is 262 g/mol. The average molecular weight is 291 g/mol. The maximum absolute atomic E-state index is 11.2. The van der Waals surface area contributed by atoms with E-state index in [1.54, 1.807) is 12.1 Å². The Bertz CT molecular complexity index is 467. The van der Waals surface area contributed by atoms with Gasteiger partial charge in [-0.15, -0.1) is 0 Å². The molecule has 4 N–H and O–H groups in total. The van der Waals surface area contributed by atoms with Gasteiger partial charge in [0, 0.05) is 30.4 Å². The van der Waals surface area contributed by atoms with Gasteiger partial charge in [0.05, 0.1) is 0 Å². The van der Waals surface area contributed by atoms with Crippen molar-refractivity contribution >= 4 is 11.6 Å². The molecule has 1 aromatic carbocycles. The van der Waals surface area contributed by atoms with E-state index in [9.17, 15) is 4.79 Å². The van der Waals surface area contributed by atoms with Gasteiger partial charge in [-0.1, -0.05) is 33.8 Å². The first kappa shape index (κ1) is 17.5. The quantitative estimate of drug-likeness (QED) is 0.723. The summed E-state index contributed by atoms with van der Waals surface area (Å²) in [5, 5.41) is 0. The number of amides is 1. The highest BCUT2D eigenvalue weighted by Gasteiger charge is 2.18. The second-order valence-corrected chi connectivity index (χ2v) is 6.07. The van der Waals surface area contributed by atoms with Crippen LogP contribution in [0.4, 0.5) is 5.69 Å². The fourth-order valence-electron chi connectivity index (χ4n) is 2.73. The van der Waals surface area contributed by atoms with Crippen LogP contribution in [-0.2, 0) is 6.54 Å². The molecule has 118 valence electrons. The Balaban J connectivity index is 2.94. The van der Waals surface area contributed by atoms with Crippen LogP contribution in [0.1, 0.15) is 56.5 Å². The van der Waals surface area contributed by atoms with Crippen LogP contribution >= 0.6 is 0 Å². The summed E-state index contributed by atoms with van der Waals surface area (Å²) in [6.45, 7) is 10.8. The molecule has 0 spiro atoms. The molecule has 0 saturated heterocycles. The van der Waals surface area contributed by atoms with Crippen molar-refractivity contribution in [1.29, 1.82) is 0 Å². The number of hydrogen-bond donors (Lipinski definition) is 2. The number of nitrogens with two attached hydrogens (primary N) is 2. The minimum atomic E-state index is -0.438. The zero-order chi connectivity index (χ0) is 16.0. The van der Waals surface area contributed by atoms with E-state index in [1.807, 2.05) is 6.07 Å². The zero-order valence-electron chi connectivity index (χ0n) is 13.7. The van der Waals surface area contributed by atoms with Crippen LogP contribution < -0.4 is 11.5 Å². The molecule has 21 heavy (non-hydrogen) atoms. The third kappa shape index (κ3) is 5.05. The van der Waals surface area contributed by atoms with Gasteiger partial charge in [0.1, 0.15) is 0 Å². The first-order valence-corrected chi connectivity index (χ1v) is 7.81. The lowest BCUT2D eigenvalue weighted by Crippen LogP contribution is -2.37. The fraction of sp³-hybridized carbons (Fsp3) is 0.588. The molecule has 4 heteroatoms. The van der Waals surface area contributed by atoms with Crippen molar-refractivity contribution in [2.24, 2.45) is 11.7 Å². The number of nitrogens with zero attached hydrogens (tertiary/aromatic N) is 1. The molecule has 0 aromatic heterocycles. The molecule has 0 radical (unpaired) electrons. The molecule has 0 aliphatic rings. The minimum absolute atomic E-state index is 0.438. The van der Waals surface area contributed by atoms with Gasteiger partial charge in [-0.25, -0.2) is 0 Å². The molecule has 0 fully saturated rings. The number of carbonyl (C=O) groups is 1. The van der Waals surface area contributed by atoms with Crippen molar-refractivity contribution in [3.8, 4) is 0 Å². The normalized spacial score (nSPS) is 11.6. The Labute approximate surface area is 128 Å². The van der Waals surface area contributed by atoms with E-state index in [0.29, 0.717) is 23.2 Å². The van der Waals surface area contributed by atoms with Gasteiger partial charge in [-0.2, -0.15) is 0 Å². The number of rotatable bonds is 8. The molecule has 0 bridgehead atoms. The Morgan fingerprint density at radius 1 is 1.24 bits per heavy atom. The number of carbonyl (C=O) groups excluding carboxylic acids is 1. The first-order valence-electron chi connectivity index (χ1n) is 7.81. The lowest BCUT2D eigenvalue weighted by Gasteiger charge is -2.32. The van der Waals surface area contributed by atoms with Crippen LogP contribution in [0.15, 0.2) is 18.2 Å². The average Bonchev–Trinajstić information content (AvgIpc) is 2.41. The van der Waals surface area contributed by atoms with E-state index in [1.165, 1.54) is 0 Å². The van der Waals surface area contributed by atoms with Crippen molar-refractivity contribution in [2.75, 3.05) is 12.3 Å². The van der Waals surface area contributed by atoms with Crippen LogP contribution in [0.3, 0.4) is 0 Å². The van der Waals surface area contributed by atoms with Gasteiger partial charge in [-0.05, 0) is 36.5 Å². The van der Waals surface area contributed by atoms with Crippen LogP contribution in [0, 0.1) is 5.92 Å². The van der Waals surface area contributed by atoms with E-state index >= 15 is 0 Å². The largest absolute Gasteiger partial charge is 0.398 e. The molecule has 0 aliphatic carbocycles. The second kappa shape index (κ2) is 8.03. The van der Waals surface area contributed by atoms with Crippen molar-refractivity contribution in [3.05, 3.63) is 29.3 Å². The summed E-state index contributed by atoms with van der Waals surface area (Å²) < 4.78 is 0. The van der Waals surface area contributed by atoms with Crippen LogP contribution in [0.2, 0.25) is 0 Å². The molecular formula is C17H29N3O. The monoisotopic (exact) mass is 291 g/mol. The maximum atomic E-state index is 11.2. The Morgan fingerprint density at radius 2 is 1.86 bits per heavy atom. The highest BCUT2D eigenvalue weighted by Crippen LogP contribution is 2.20. The highest BCUT2D eigenvalue weighted by molar-refractivity contribution is 5.93. The topological polar surface area (TPSA) is 72.3 Å². The van der Waals surface area contributed by atoms with Gasteiger partial charge in [0.25, 0.3) is 0 Å². The summed E-state index contributed by atoms with van der Waals surface area (Å²) in [7, 11) is 0. The molecule has 0 heterocycles. The lowest BCUT2D eigenvalue weighted by molar-refractivity contribution is 0.100. The third-order valence-electron chi connectivity index (χ3n) is 3.86. The second-order valence-electron chi connectivity index (χ2n) is 6.07. The van der Waals surface area contributed by atoms with E-state index in [-0.39, 0.29) is 0 Å². The van der Waals surface area contributed by atoms with Gasteiger partial charge < -0.3 is 11.5 Å². The minimum Gasteiger partial charge on any atom is -0.398 e. The lowest BCUT2D eigenvalue weighted by atomic mass is 10.0. The summed E-state index contributed by atoms with van der Waals surface area (Å²) in [5.74, 6) is 0.170. The summed E-state index contributed by atoms with van der Waals surface area (Å²) in [5.41, 5.74) is 13.5. The summed E-state index contributed by atoms with van der Waals surface area (Å²) >= 11 is 0. The van der Waals surface area contributed by atoms with Crippen molar-refractivity contribution in [2.45, 2.75) is 53.1 Å². The van der Waals surface area contributed by atoms with E-state index < -0.39 is 5.91 Å². The summed E-state index contributed by atoms with van der Waals surface area (Å²) in [6, 6.07) is 5.92. The number of hydrogen-bond acceptors (Lipinski definition) is 3. The van der Waals surface area contributed by atoms with E-state index in [0.717, 1.165) is 31.5 Å². The molecule has 0 atom stereocenters. The van der Waals surface area contributed by atoms with Crippen molar-refractivity contribution in [3.63, 3.8) is 0 Å². The van der Waals surface area contributed by atoms with E-state index in [2.05, 4.69) is 32.6 Å². The number of primary amides is 1. The van der Waals surface area contributed by atoms with Gasteiger partial charge in [-0.3, -0.25) is 9.69 Å².